The number of oxazole rings is 1. The summed E-state index contributed by atoms with van der Waals surface area (Å²) in [5.41, 5.74) is 1.76. The fourth-order valence-corrected chi connectivity index (χ4v) is 0.887. The molecule has 0 bridgehead atoms. The molecule has 1 aromatic heterocycles. The minimum Gasteiger partial charge on any atom is -0.466 e. The van der Waals surface area contributed by atoms with Gasteiger partial charge in [-0.25, -0.2) is 9.78 Å². The number of nitrogens with zero attached hydrogens (tertiary/aromatic N) is 1. The van der Waals surface area contributed by atoms with E-state index in [0.717, 1.165) is 17.2 Å². The van der Waals surface area contributed by atoms with Crippen LogP contribution in [-0.4, -0.2) is 18.1 Å². The maximum Gasteiger partial charge on any atom is 0.329 e. The second-order valence-corrected chi connectivity index (χ2v) is 2.55. The lowest BCUT2D eigenvalue weighted by molar-refractivity contribution is -0.134. The molecule has 0 saturated carbocycles. The van der Waals surface area contributed by atoms with Crippen LogP contribution >= 0.6 is 0 Å². The number of aromatic nitrogens is 1. The molecule has 0 fully saturated rings. The van der Waals surface area contributed by atoms with Crippen LogP contribution < -0.4 is 0 Å². The average molecular weight is 205 g/mol. The van der Waals surface area contributed by atoms with Gasteiger partial charge in [-0.05, 0) is 12.1 Å². The van der Waals surface area contributed by atoms with E-state index in [9.17, 15) is 4.79 Å². The van der Waals surface area contributed by atoms with E-state index in [0.29, 0.717) is 0 Å². The van der Waals surface area contributed by atoms with Gasteiger partial charge in [0, 0.05) is 6.08 Å². The summed E-state index contributed by atoms with van der Waals surface area (Å²) in [6.07, 6.45) is 2.56. The molecule has 78 valence electrons. The Bertz CT molecular complexity index is 418. The van der Waals surface area contributed by atoms with Gasteiger partial charge in [-0.15, -0.1) is 0 Å². The summed E-state index contributed by atoms with van der Waals surface area (Å²) in [6, 6.07) is 7.67. The van der Waals surface area contributed by atoms with Crippen molar-refractivity contribution >= 4 is 17.1 Å². The van der Waals surface area contributed by atoms with Crippen LogP contribution in [-0.2, 0) is 9.53 Å². The first kappa shape index (κ1) is 11.0. The van der Waals surface area contributed by atoms with Crippen LogP contribution in [0, 0.1) is 0 Å². The molecule has 0 aliphatic carbocycles. The van der Waals surface area contributed by atoms with E-state index >= 15 is 0 Å². The topological polar surface area (TPSA) is 52.3 Å². The lowest BCUT2D eigenvalue weighted by Gasteiger charge is -1.83. The fourth-order valence-electron chi connectivity index (χ4n) is 0.887. The summed E-state index contributed by atoms with van der Waals surface area (Å²) in [6.45, 7) is 3.16. The molecule has 0 aliphatic heterocycles. The van der Waals surface area contributed by atoms with Crippen molar-refractivity contribution in [2.45, 2.75) is 0 Å². The Morgan fingerprint density at radius 2 is 2.27 bits per heavy atom. The number of fused-ring (bicyclic) bond motifs is 1. The van der Waals surface area contributed by atoms with Crippen molar-refractivity contribution in [3.05, 3.63) is 43.3 Å². The van der Waals surface area contributed by atoms with Crippen LogP contribution in [0.4, 0.5) is 0 Å². The third-order valence-electron chi connectivity index (χ3n) is 1.60. The zero-order valence-electron chi connectivity index (χ0n) is 8.34. The fraction of sp³-hybridized carbons (Fsp3) is 0.0909. The molecule has 2 rings (SSSR count). The van der Waals surface area contributed by atoms with Gasteiger partial charge in [-0.3, -0.25) is 0 Å². The Labute approximate surface area is 87.2 Å². The number of ether oxygens (including phenoxy) is 1. The highest BCUT2D eigenvalue weighted by Gasteiger charge is 1.91. The number of esters is 1. The normalized spacial score (nSPS) is 8.87. The van der Waals surface area contributed by atoms with E-state index in [1.807, 2.05) is 24.3 Å². The van der Waals surface area contributed by atoms with Gasteiger partial charge in [0.25, 0.3) is 0 Å². The predicted molar refractivity (Wildman–Crippen MR) is 56.2 cm³/mol. The number of carbonyl (C=O) groups excluding carboxylic acids is 1. The average Bonchev–Trinajstić information content (AvgIpc) is 2.76. The van der Waals surface area contributed by atoms with Crippen LogP contribution in [0.5, 0.6) is 0 Å². The zero-order chi connectivity index (χ0) is 11.1. The highest BCUT2D eigenvalue weighted by atomic mass is 16.5. The third kappa shape index (κ3) is 3.27. The van der Waals surface area contributed by atoms with Gasteiger partial charge in [-0.1, -0.05) is 18.7 Å². The maximum absolute atomic E-state index is 9.84. The van der Waals surface area contributed by atoms with Crippen LogP contribution in [0.1, 0.15) is 0 Å². The van der Waals surface area contributed by atoms with Gasteiger partial charge in [0.2, 0.25) is 0 Å². The molecule has 1 heterocycles. The summed E-state index contributed by atoms with van der Waals surface area (Å²) < 4.78 is 9.15. The van der Waals surface area contributed by atoms with Crippen LogP contribution in [0.3, 0.4) is 0 Å². The molecule has 0 spiro atoms. The second kappa shape index (κ2) is 5.59. The van der Waals surface area contributed by atoms with Gasteiger partial charge in [0.15, 0.2) is 12.0 Å². The number of carbonyl (C=O) groups is 1. The molecule has 4 heteroatoms. The summed E-state index contributed by atoms with van der Waals surface area (Å²) in [5, 5.41) is 0. The summed E-state index contributed by atoms with van der Waals surface area (Å²) >= 11 is 0. The van der Waals surface area contributed by atoms with Crippen LogP contribution in [0.15, 0.2) is 47.7 Å². The van der Waals surface area contributed by atoms with Gasteiger partial charge in [0.1, 0.15) is 5.52 Å². The first-order valence-corrected chi connectivity index (χ1v) is 4.26. The van der Waals surface area contributed by atoms with Crippen molar-refractivity contribution in [1.82, 2.24) is 4.98 Å². The first-order valence-electron chi connectivity index (χ1n) is 4.26. The third-order valence-corrected chi connectivity index (χ3v) is 1.60. The van der Waals surface area contributed by atoms with Gasteiger partial charge in [-0.2, -0.15) is 0 Å². The molecule has 0 N–H and O–H groups in total. The predicted octanol–water partition coefficient (Wildman–Crippen LogP) is 2.17. The minimum absolute atomic E-state index is 0.394. The van der Waals surface area contributed by atoms with Crippen molar-refractivity contribution < 1.29 is 13.9 Å². The SMILES string of the molecule is C=CC(=O)OC.c1ccc2ocnc2c1. The number of hydrogen-bond acceptors (Lipinski definition) is 4. The van der Waals surface area contributed by atoms with E-state index < -0.39 is 5.97 Å². The number of methoxy groups -OCH3 is 1. The largest absolute Gasteiger partial charge is 0.466 e. The minimum atomic E-state index is -0.394. The van der Waals surface area contributed by atoms with E-state index in [4.69, 9.17) is 4.42 Å². The summed E-state index contributed by atoms with van der Waals surface area (Å²) in [5.74, 6) is -0.394. The Hall–Kier alpha value is -2.10. The quantitative estimate of drug-likeness (QED) is 0.529. The van der Waals surface area contributed by atoms with E-state index in [2.05, 4.69) is 16.3 Å². The molecular formula is C11H11NO3. The van der Waals surface area contributed by atoms with Crippen LogP contribution in [0.25, 0.3) is 11.1 Å². The molecule has 0 saturated heterocycles. The lowest BCUT2D eigenvalue weighted by Crippen LogP contribution is -1.91. The zero-order valence-corrected chi connectivity index (χ0v) is 8.34. The Kier molecular flexibility index (Phi) is 4.09. The van der Waals surface area contributed by atoms with Gasteiger partial charge in [0.05, 0.1) is 7.11 Å². The van der Waals surface area contributed by atoms with E-state index in [1.165, 1.54) is 13.5 Å². The second-order valence-electron chi connectivity index (χ2n) is 2.55. The standard InChI is InChI=1S/C7H5NO.C4H6O2/c1-2-4-7-6(3-1)8-5-9-7;1-3-4(5)6-2/h1-5H;3H,1H2,2H3. The van der Waals surface area contributed by atoms with Crippen molar-refractivity contribution in [1.29, 1.82) is 0 Å². The first-order chi connectivity index (χ1) is 7.27. The van der Waals surface area contributed by atoms with E-state index in [-0.39, 0.29) is 0 Å². The maximum atomic E-state index is 9.84. The number of rotatable bonds is 1. The molecule has 0 atom stereocenters. The van der Waals surface area contributed by atoms with Crippen molar-refractivity contribution in [3.63, 3.8) is 0 Å². The molecule has 1 aromatic carbocycles. The Morgan fingerprint density at radius 1 is 1.53 bits per heavy atom. The lowest BCUT2D eigenvalue weighted by atomic mass is 10.3. The van der Waals surface area contributed by atoms with Gasteiger partial charge >= 0.3 is 5.97 Å². The smallest absolute Gasteiger partial charge is 0.329 e. The number of hydrogen-bond donors (Lipinski definition) is 0. The Morgan fingerprint density at radius 3 is 2.80 bits per heavy atom. The van der Waals surface area contributed by atoms with Crippen LogP contribution in [0.2, 0.25) is 0 Å². The highest BCUT2D eigenvalue weighted by Crippen LogP contribution is 2.09. The number of para-hydroxylation sites is 2. The molecule has 2 aromatic rings. The van der Waals surface area contributed by atoms with Crippen molar-refractivity contribution in [2.75, 3.05) is 7.11 Å². The molecule has 4 nitrogen and oxygen atoms in total. The molecular weight excluding hydrogens is 194 g/mol. The van der Waals surface area contributed by atoms with Crippen molar-refractivity contribution in [3.8, 4) is 0 Å². The Balaban J connectivity index is 0.000000167. The molecule has 0 amide bonds. The highest BCUT2D eigenvalue weighted by molar-refractivity contribution is 5.80. The molecule has 0 radical (unpaired) electrons. The van der Waals surface area contributed by atoms with E-state index in [1.54, 1.807) is 0 Å². The van der Waals surface area contributed by atoms with Crippen molar-refractivity contribution in [2.24, 2.45) is 0 Å². The molecule has 0 unspecified atom stereocenters. The monoisotopic (exact) mass is 205 g/mol. The number of benzene rings is 1. The molecule has 0 aliphatic rings. The summed E-state index contributed by atoms with van der Waals surface area (Å²) in [7, 11) is 1.31. The van der Waals surface area contributed by atoms with Gasteiger partial charge < -0.3 is 9.15 Å². The summed E-state index contributed by atoms with van der Waals surface area (Å²) in [4.78, 5) is 13.8. The molecule has 15 heavy (non-hydrogen) atoms.